The predicted molar refractivity (Wildman–Crippen MR) is 104 cm³/mol. The second-order valence-corrected chi connectivity index (χ2v) is 6.48. The van der Waals surface area contributed by atoms with E-state index < -0.39 is 12.0 Å². The van der Waals surface area contributed by atoms with Gasteiger partial charge >= 0.3 is 5.97 Å². The number of para-hydroxylation sites is 1. The number of amides is 1. The number of carboxylic acids is 1. The SMILES string of the molecule is CCNC(Cc1ccc(OCCN2COc3ccccc3C2=O)cc1)C(=O)O. The first-order valence-electron chi connectivity index (χ1n) is 9.27. The van der Waals surface area contributed by atoms with Gasteiger partial charge in [0.15, 0.2) is 6.73 Å². The number of hydrogen-bond acceptors (Lipinski definition) is 5. The molecule has 7 heteroatoms. The highest BCUT2D eigenvalue weighted by Gasteiger charge is 2.24. The Labute approximate surface area is 163 Å². The molecule has 1 heterocycles. The van der Waals surface area contributed by atoms with Crippen molar-refractivity contribution in [3.63, 3.8) is 0 Å². The van der Waals surface area contributed by atoms with Crippen LogP contribution in [0, 0.1) is 0 Å². The number of fused-ring (bicyclic) bond motifs is 1. The molecule has 0 saturated heterocycles. The fourth-order valence-corrected chi connectivity index (χ4v) is 3.04. The summed E-state index contributed by atoms with van der Waals surface area (Å²) in [6.45, 7) is 3.44. The molecule has 1 amide bonds. The maximum absolute atomic E-state index is 12.5. The Kier molecular flexibility index (Phi) is 6.49. The lowest BCUT2D eigenvalue weighted by molar-refractivity contribution is -0.139. The fraction of sp³-hybridized carbons (Fsp3) is 0.333. The molecule has 0 radical (unpaired) electrons. The Morgan fingerprint density at radius 1 is 1.25 bits per heavy atom. The summed E-state index contributed by atoms with van der Waals surface area (Å²) in [5, 5.41) is 12.2. The van der Waals surface area contributed by atoms with Crippen molar-refractivity contribution in [3.8, 4) is 11.5 Å². The van der Waals surface area contributed by atoms with Gasteiger partial charge in [0.25, 0.3) is 5.91 Å². The van der Waals surface area contributed by atoms with E-state index in [1.165, 1.54) is 0 Å². The van der Waals surface area contributed by atoms with Crippen LogP contribution in [-0.4, -0.2) is 54.4 Å². The lowest BCUT2D eigenvalue weighted by Gasteiger charge is -2.28. The Morgan fingerprint density at radius 3 is 2.71 bits per heavy atom. The van der Waals surface area contributed by atoms with Gasteiger partial charge in [-0.05, 0) is 42.8 Å². The van der Waals surface area contributed by atoms with Crippen molar-refractivity contribution in [3.05, 3.63) is 59.7 Å². The Morgan fingerprint density at radius 2 is 2.00 bits per heavy atom. The summed E-state index contributed by atoms with van der Waals surface area (Å²) in [5.41, 5.74) is 1.48. The molecule has 2 aromatic rings. The van der Waals surface area contributed by atoms with Crippen LogP contribution < -0.4 is 14.8 Å². The second kappa shape index (κ2) is 9.23. The standard InChI is InChI=1S/C21H24N2O5/c1-2-22-18(21(25)26)13-15-7-9-16(10-8-15)27-12-11-23-14-28-19-6-4-3-5-17(19)20(23)24/h3-10,18,22H,2,11-14H2,1H3,(H,25,26). The molecule has 148 valence electrons. The van der Waals surface area contributed by atoms with E-state index in [1.54, 1.807) is 17.0 Å². The average molecular weight is 384 g/mol. The summed E-state index contributed by atoms with van der Waals surface area (Å²) in [6, 6.07) is 13.9. The number of carbonyl (C=O) groups excluding carboxylic acids is 1. The third kappa shape index (κ3) is 4.80. The van der Waals surface area contributed by atoms with Gasteiger partial charge in [0.05, 0.1) is 12.1 Å². The average Bonchev–Trinajstić information content (AvgIpc) is 2.70. The third-order valence-corrected chi connectivity index (χ3v) is 4.52. The van der Waals surface area contributed by atoms with Crippen LogP contribution in [0.3, 0.4) is 0 Å². The maximum Gasteiger partial charge on any atom is 0.321 e. The van der Waals surface area contributed by atoms with E-state index in [0.717, 1.165) is 5.56 Å². The van der Waals surface area contributed by atoms with Crippen molar-refractivity contribution in [1.82, 2.24) is 10.2 Å². The van der Waals surface area contributed by atoms with Crippen molar-refractivity contribution < 1.29 is 24.2 Å². The summed E-state index contributed by atoms with van der Waals surface area (Å²) in [7, 11) is 0. The molecule has 2 N–H and O–H groups in total. The highest BCUT2D eigenvalue weighted by Crippen LogP contribution is 2.24. The van der Waals surface area contributed by atoms with E-state index in [2.05, 4.69) is 5.32 Å². The molecular weight excluding hydrogens is 360 g/mol. The van der Waals surface area contributed by atoms with Gasteiger partial charge in [0.1, 0.15) is 24.1 Å². The molecule has 7 nitrogen and oxygen atoms in total. The molecule has 1 aliphatic heterocycles. The Hall–Kier alpha value is -3.06. The van der Waals surface area contributed by atoms with Gasteiger partial charge in [-0.25, -0.2) is 0 Å². The second-order valence-electron chi connectivity index (χ2n) is 6.48. The molecule has 1 aliphatic rings. The zero-order valence-corrected chi connectivity index (χ0v) is 15.8. The lowest BCUT2D eigenvalue weighted by Crippen LogP contribution is -2.40. The minimum atomic E-state index is -0.864. The maximum atomic E-state index is 12.5. The first-order valence-corrected chi connectivity index (χ1v) is 9.27. The van der Waals surface area contributed by atoms with Gasteiger partial charge in [-0.3, -0.25) is 9.59 Å². The Bertz CT molecular complexity index is 822. The number of nitrogens with zero attached hydrogens (tertiary/aromatic N) is 1. The van der Waals surface area contributed by atoms with Crippen molar-refractivity contribution >= 4 is 11.9 Å². The normalized spacial score (nSPS) is 14.2. The van der Waals surface area contributed by atoms with E-state index in [9.17, 15) is 14.7 Å². The van der Waals surface area contributed by atoms with Gasteiger partial charge in [0, 0.05) is 0 Å². The lowest BCUT2D eigenvalue weighted by atomic mass is 10.1. The molecule has 0 saturated carbocycles. The predicted octanol–water partition coefficient (Wildman–Crippen LogP) is 2.16. The van der Waals surface area contributed by atoms with E-state index >= 15 is 0 Å². The summed E-state index contributed by atoms with van der Waals surface area (Å²) >= 11 is 0. The number of rotatable bonds is 9. The highest BCUT2D eigenvalue weighted by atomic mass is 16.5. The Balaban J connectivity index is 1.49. The van der Waals surface area contributed by atoms with Gasteiger partial charge in [-0.1, -0.05) is 31.2 Å². The molecule has 28 heavy (non-hydrogen) atoms. The number of carboxylic acid groups (broad SMARTS) is 1. The molecule has 0 fully saturated rings. The van der Waals surface area contributed by atoms with E-state index in [-0.39, 0.29) is 12.6 Å². The molecule has 1 unspecified atom stereocenters. The topological polar surface area (TPSA) is 88.1 Å². The molecular formula is C21H24N2O5. The summed E-state index contributed by atoms with van der Waals surface area (Å²) < 4.78 is 11.3. The van der Waals surface area contributed by atoms with Crippen LogP contribution >= 0.6 is 0 Å². The monoisotopic (exact) mass is 384 g/mol. The minimum absolute atomic E-state index is 0.0658. The molecule has 0 aliphatic carbocycles. The van der Waals surface area contributed by atoms with Crippen molar-refractivity contribution in [2.45, 2.75) is 19.4 Å². The number of likely N-dealkylation sites (N-methyl/N-ethyl adjacent to an activating group) is 1. The van der Waals surface area contributed by atoms with Gasteiger partial charge < -0.3 is 24.8 Å². The number of carbonyl (C=O) groups is 2. The number of nitrogens with one attached hydrogen (secondary N) is 1. The fourth-order valence-electron chi connectivity index (χ4n) is 3.04. The molecule has 2 aromatic carbocycles. The van der Waals surface area contributed by atoms with Gasteiger partial charge in [0.2, 0.25) is 0 Å². The largest absolute Gasteiger partial charge is 0.492 e. The third-order valence-electron chi connectivity index (χ3n) is 4.52. The van der Waals surface area contributed by atoms with Crippen LogP contribution in [-0.2, 0) is 11.2 Å². The molecule has 1 atom stereocenters. The summed E-state index contributed by atoms with van der Waals surface area (Å²) in [6.07, 6.45) is 0.405. The molecule has 0 spiro atoms. The van der Waals surface area contributed by atoms with Crippen molar-refractivity contribution in [1.29, 1.82) is 0 Å². The number of ether oxygens (including phenoxy) is 2. The molecule has 3 rings (SSSR count). The molecule has 0 aromatic heterocycles. The van der Waals surface area contributed by atoms with Crippen LogP contribution in [0.5, 0.6) is 11.5 Å². The zero-order chi connectivity index (χ0) is 19.9. The number of hydrogen-bond donors (Lipinski definition) is 2. The molecule has 0 bridgehead atoms. The van der Waals surface area contributed by atoms with Crippen molar-refractivity contribution in [2.75, 3.05) is 26.4 Å². The van der Waals surface area contributed by atoms with Crippen LogP contribution in [0.1, 0.15) is 22.8 Å². The first-order chi connectivity index (χ1) is 13.6. The smallest absolute Gasteiger partial charge is 0.321 e. The number of benzene rings is 2. The number of aliphatic carboxylic acids is 1. The van der Waals surface area contributed by atoms with Gasteiger partial charge in [-0.2, -0.15) is 0 Å². The van der Waals surface area contributed by atoms with Crippen LogP contribution in [0.15, 0.2) is 48.5 Å². The van der Waals surface area contributed by atoms with E-state index in [0.29, 0.717) is 43.2 Å². The minimum Gasteiger partial charge on any atom is -0.492 e. The van der Waals surface area contributed by atoms with Gasteiger partial charge in [-0.15, -0.1) is 0 Å². The van der Waals surface area contributed by atoms with Crippen LogP contribution in [0.25, 0.3) is 0 Å². The van der Waals surface area contributed by atoms with E-state index in [1.807, 2.05) is 43.3 Å². The summed E-state index contributed by atoms with van der Waals surface area (Å²) in [5.74, 6) is 0.350. The first kappa shape index (κ1) is 19.7. The highest BCUT2D eigenvalue weighted by molar-refractivity contribution is 5.97. The van der Waals surface area contributed by atoms with Crippen molar-refractivity contribution in [2.24, 2.45) is 0 Å². The quantitative estimate of drug-likeness (QED) is 0.689. The zero-order valence-electron chi connectivity index (χ0n) is 15.8. The van der Waals surface area contributed by atoms with Crippen LogP contribution in [0.2, 0.25) is 0 Å². The summed E-state index contributed by atoms with van der Waals surface area (Å²) in [4.78, 5) is 25.3. The van der Waals surface area contributed by atoms with E-state index in [4.69, 9.17) is 9.47 Å². The van der Waals surface area contributed by atoms with Crippen LogP contribution in [0.4, 0.5) is 0 Å².